The zero-order valence-electron chi connectivity index (χ0n) is 14.3. The van der Waals surface area contributed by atoms with Crippen molar-refractivity contribution in [1.82, 2.24) is 5.32 Å². The maximum Gasteiger partial charge on any atom is 0.0136 e. The molecule has 1 aromatic rings. The van der Waals surface area contributed by atoms with E-state index in [2.05, 4.69) is 59.0 Å². The monoisotopic (exact) mass is 275 g/mol. The molecule has 1 rings (SSSR count). The van der Waals surface area contributed by atoms with Gasteiger partial charge in [-0.2, -0.15) is 0 Å². The summed E-state index contributed by atoms with van der Waals surface area (Å²) in [6.45, 7) is 14.7. The third kappa shape index (κ3) is 4.63. The molecule has 1 atom stereocenters. The summed E-state index contributed by atoms with van der Waals surface area (Å²) >= 11 is 0. The maximum absolute atomic E-state index is 3.79. The van der Waals surface area contributed by atoms with Crippen LogP contribution in [-0.4, -0.2) is 12.6 Å². The zero-order chi connectivity index (χ0) is 15.1. The predicted molar refractivity (Wildman–Crippen MR) is 90.5 cm³/mol. The molecule has 0 saturated heterocycles. The van der Waals surface area contributed by atoms with Crippen molar-refractivity contribution >= 4 is 0 Å². The minimum Gasteiger partial charge on any atom is -0.313 e. The molecule has 0 spiro atoms. The first kappa shape index (κ1) is 17.2. The van der Waals surface area contributed by atoms with E-state index in [0.29, 0.717) is 6.04 Å². The molecule has 0 bridgehead atoms. The van der Waals surface area contributed by atoms with Gasteiger partial charge in [0.05, 0.1) is 0 Å². The van der Waals surface area contributed by atoms with E-state index in [0.717, 1.165) is 12.5 Å². The van der Waals surface area contributed by atoms with Gasteiger partial charge in [0.15, 0.2) is 0 Å². The fourth-order valence-corrected chi connectivity index (χ4v) is 3.34. The van der Waals surface area contributed by atoms with Crippen LogP contribution in [0.5, 0.6) is 0 Å². The zero-order valence-corrected chi connectivity index (χ0v) is 14.3. The summed E-state index contributed by atoms with van der Waals surface area (Å²) in [5.41, 5.74) is 5.84. The van der Waals surface area contributed by atoms with Crippen molar-refractivity contribution < 1.29 is 0 Å². The van der Waals surface area contributed by atoms with Gasteiger partial charge in [0, 0.05) is 6.04 Å². The van der Waals surface area contributed by atoms with E-state index in [1.54, 1.807) is 5.56 Å². The molecule has 0 aliphatic rings. The van der Waals surface area contributed by atoms with Crippen molar-refractivity contribution in [2.75, 3.05) is 6.54 Å². The van der Waals surface area contributed by atoms with Crippen LogP contribution in [0.4, 0.5) is 0 Å². The van der Waals surface area contributed by atoms with Crippen LogP contribution in [0, 0.1) is 26.7 Å². The Kier molecular flexibility index (Phi) is 7.29. The quantitative estimate of drug-likeness (QED) is 0.707. The minimum absolute atomic E-state index is 0.616. The topological polar surface area (TPSA) is 12.0 Å². The van der Waals surface area contributed by atoms with Gasteiger partial charge in [-0.1, -0.05) is 51.3 Å². The fraction of sp³-hybridized carbons (Fsp3) is 0.684. The van der Waals surface area contributed by atoms with Gasteiger partial charge in [-0.05, 0) is 62.8 Å². The van der Waals surface area contributed by atoms with Gasteiger partial charge < -0.3 is 5.32 Å². The normalized spacial score (nSPS) is 12.9. The molecule has 0 aromatic heterocycles. The molecule has 20 heavy (non-hydrogen) atoms. The average molecular weight is 275 g/mol. The first-order chi connectivity index (χ1) is 9.53. The Morgan fingerprint density at radius 3 is 1.95 bits per heavy atom. The third-order valence-electron chi connectivity index (χ3n) is 4.54. The van der Waals surface area contributed by atoms with Crippen LogP contribution in [0.3, 0.4) is 0 Å². The molecule has 1 N–H and O–H groups in total. The highest BCUT2D eigenvalue weighted by Crippen LogP contribution is 2.23. The van der Waals surface area contributed by atoms with Crippen LogP contribution in [0.2, 0.25) is 0 Å². The molecule has 114 valence electrons. The van der Waals surface area contributed by atoms with Gasteiger partial charge in [-0.3, -0.25) is 0 Å². The lowest BCUT2D eigenvalue weighted by atomic mass is 9.86. The Bertz CT molecular complexity index is 381. The van der Waals surface area contributed by atoms with Crippen molar-refractivity contribution in [3.8, 4) is 0 Å². The molecule has 1 heteroatoms. The predicted octanol–water partition coefficient (Wildman–Crippen LogP) is 4.96. The molecule has 1 nitrogen and oxygen atoms in total. The van der Waals surface area contributed by atoms with Crippen LogP contribution in [0.15, 0.2) is 12.1 Å². The Morgan fingerprint density at radius 2 is 1.50 bits per heavy atom. The SMILES string of the molecule is CCCNC(Cc1c(C)cc(C)cc1C)C(CC)CC. The Morgan fingerprint density at radius 1 is 0.950 bits per heavy atom. The van der Waals surface area contributed by atoms with Crippen molar-refractivity contribution in [3.63, 3.8) is 0 Å². The highest BCUT2D eigenvalue weighted by molar-refractivity contribution is 5.38. The summed E-state index contributed by atoms with van der Waals surface area (Å²) in [6, 6.07) is 5.27. The summed E-state index contributed by atoms with van der Waals surface area (Å²) in [5.74, 6) is 0.779. The molecule has 0 radical (unpaired) electrons. The lowest BCUT2D eigenvalue weighted by Crippen LogP contribution is -2.38. The first-order valence-electron chi connectivity index (χ1n) is 8.33. The van der Waals surface area contributed by atoms with Gasteiger partial charge in [0.25, 0.3) is 0 Å². The second-order valence-corrected chi connectivity index (χ2v) is 6.22. The molecule has 0 fully saturated rings. The van der Waals surface area contributed by atoms with Crippen LogP contribution in [0.1, 0.15) is 62.3 Å². The summed E-state index contributed by atoms with van der Waals surface area (Å²) in [6.07, 6.45) is 4.91. The molecular weight excluding hydrogens is 242 g/mol. The third-order valence-corrected chi connectivity index (χ3v) is 4.54. The second kappa shape index (κ2) is 8.46. The number of nitrogens with one attached hydrogen (secondary N) is 1. The van der Waals surface area contributed by atoms with Gasteiger partial charge in [0.1, 0.15) is 0 Å². The second-order valence-electron chi connectivity index (χ2n) is 6.22. The van der Waals surface area contributed by atoms with Crippen LogP contribution in [-0.2, 0) is 6.42 Å². The summed E-state index contributed by atoms with van der Waals surface area (Å²) in [5, 5.41) is 3.79. The van der Waals surface area contributed by atoms with Crippen molar-refractivity contribution in [2.24, 2.45) is 5.92 Å². The molecule has 0 amide bonds. The van der Waals surface area contributed by atoms with E-state index < -0.39 is 0 Å². The lowest BCUT2D eigenvalue weighted by Gasteiger charge is -2.28. The Labute approximate surface area is 126 Å². The van der Waals surface area contributed by atoms with Crippen LogP contribution >= 0.6 is 0 Å². The van der Waals surface area contributed by atoms with E-state index in [-0.39, 0.29) is 0 Å². The molecular formula is C19H33N. The minimum atomic E-state index is 0.616. The average Bonchev–Trinajstić information content (AvgIpc) is 2.40. The highest BCUT2D eigenvalue weighted by atomic mass is 14.9. The molecule has 1 aromatic carbocycles. The standard InChI is InChI=1S/C19H33N/c1-7-10-20-19(17(8-2)9-3)13-18-15(5)11-14(4)12-16(18)6/h11-12,17,19-20H,7-10,13H2,1-6H3. The fourth-order valence-electron chi connectivity index (χ4n) is 3.34. The molecule has 1 unspecified atom stereocenters. The maximum atomic E-state index is 3.79. The first-order valence-corrected chi connectivity index (χ1v) is 8.33. The number of hydrogen-bond acceptors (Lipinski definition) is 1. The van der Waals surface area contributed by atoms with Gasteiger partial charge in [-0.15, -0.1) is 0 Å². The molecule has 0 saturated carbocycles. The summed E-state index contributed by atoms with van der Waals surface area (Å²) < 4.78 is 0. The number of rotatable bonds is 8. The largest absolute Gasteiger partial charge is 0.313 e. The number of aryl methyl sites for hydroxylation is 3. The van der Waals surface area contributed by atoms with Crippen molar-refractivity contribution in [2.45, 2.75) is 73.3 Å². The molecule has 0 aliphatic heterocycles. The van der Waals surface area contributed by atoms with E-state index in [1.807, 2.05) is 0 Å². The van der Waals surface area contributed by atoms with E-state index >= 15 is 0 Å². The highest BCUT2D eigenvalue weighted by Gasteiger charge is 2.19. The number of hydrogen-bond donors (Lipinski definition) is 1. The van der Waals surface area contributed by atoms with Gasteiger partial charge in [0.2, 0.25) is 0 Å². The van der Waals surface area contributed by atoms with E-state index in [1.165, 1.54) is 42.4 Å². The summed E-state index contributed by atoms with van der Waals surface area (Å²) in [7, 11) is 0. The van der Waals surface area contributed by atoms with Gasteiger partial charge >= 0.3 is 0 Å². The van der Waals surface area contributed by atoms with E-state index in [9.17, 15) is 0 Å². The lowest BCUT2D eigenvalue weighted by molar-refractivity contribution is 0.331. The Hall–Kier alpha value is -0.820. The smallest absolute Gasteiger partial charge is 0.0136 e. The van der Waals surface area contributed by atoms with Gasteiger partial charge in [-0.25, -0.2) is 0 Å². The molecule has 0 heterocycles. The Balaban J connectivity index is 2.94. The van der Waals surface area contributed by atoms with Crippen molar-refractivity contribution in [1.29, 1.82) is 0 Å². The summed E-state index contributed by atoms with van der Waals surface area (Å²) in [4.78, 5) is 0. The number of benzene rings is 1. The molecule has 0 aliphatic carbocycles. The van der Waals surface area contributed by atoms with Crippen LogP contribution < -0.4 is 5.32 Å². The van der Waals surface area contributed by atoms with E-state index in [4.69, 9.17) is 0 Å². The van der Waals surface area contributed by atoms with Crippen molar-refractivity contribution in [3.05, 3.63) is 34.4 Å². The van der Waals surface area contributed by atoms with Crippen LogP contribution in [0.25, 0.3) is 0 Å².